The molecule has 1 heterocycles. The van der Waals surface area contributed by atoms with Gasteiger partial charge in [-0.2, -0.15) is 0 Å². The second-order valence-electron chi connectivity index (χ2n) is 3.94. The van der Waals surface area contributed by atoms with Gasteiger partial charge in [0.25, 0.3) is 0 Å². The minimum absolute atomic E-state index is 0.301. The molecule has 0 amide bonds. The van der Waals surface area contributed by atoms with Crippen molar-refractivity contribution in [2.45, 2.75) is 26.3 Å². The van der Waals surface area contributed by atoms with Gasteiger partial charge in [0, 0.05) is 24.4 Å². The largest absolute Gasteiger partial charge is 0.337 e. The average molecular weight is 188 g/mol. The molecule has 1 aliphatic rings. The fourth-order valence-corrected chi connectivity index (χ4v) is 1.94. The molecule has 0 bridgehead atoms. The zero-order valence-corrected chi connectivity index (χ0v) is 8.56. The van der Waals surface area contributed by atoms with Gasteiger partial charge in [0.15, 0.2) is 0 Å². The van der Waals surface area contributed by atoms with Gasteiger partial charge in [-0.1, -0.05) is 31.2 Å². The first kappa shape index (κ1) is 9.25. The van der Waals surface area contributed by atoms with Crippen LogP contribution in [0.4, 0.5) is 0 Å². The van der Waals surface area contributed by atoms with Crippen LogP contribution in [0.3, 0.4) is 0 Å². The summed E-state index contributed by atoms with van der Waals surface area (Å²) in [7, 11) is 0. The Bertz CT molecular complexity index is 335. The number of rotatable bonds is 3. The molecule has 74 valence electrons. The van der Waals surface area contributed by atoms with E-state index in [1.807, 2.05) is 18.7 Å². The van der Waals surface area contributed by atoms with Gasteiger partial charge >= 0.3 is 0 Å². The second-order valence-corrected chi connectivity index (χ2v) is 3.94. The van der Waals surface area contributed by atoms with Crippen LogP contribution < -0.4 is 0 Å². The summed E-state index contributed by atoms with van der Waals surface area (Å²) in [6.45, 7) is 3.28. The molecule has 1 unspecified atom stereocenters. The van der Waals surface area contributed by atoms with E-state index in [1.54, 1.807) is 0 Å². The smallest absolute Gasteiger partial charge is 0.0946 e. The van der Waals surface area contributed by atoms with Gasteiger partial charge in [0.2, 0.25) is 0 Å². The van der Waals surface area contributed by atoms with Crippen molar-refractivity contribution >= 4 is 0 Å². The van der Waals surface area contributed by atoms with Crippen molar-refractivity contribution in [1.82, 2.24) is 9.55 Å². The third-order valence-corrected chi connectivity index (χ3v) is 2.98. The monoisotopic (exact) mass is 188 g/mol. The van der Waals surface area contributed by atoms with Crippen LogP contribution in [0.15, 0.2) is 43.0 Å². The van der Waals surface area contributed by atoms with E-state index in [4.69, 9.17) is 0 Å². The molecule has 0 fully saturated rings. The van der Waals surface area contributed by atoms with E-state index >= 15 is 0 Å². The van der Waals surface area contributed by atoms with E-state index in [0.29, 0.717) is 5.41 Å². The standard InChI is InChI=1S/C12H16N2/c1-2-12(6-4-3-5-7-12)10-14-9-8-13-11-14/h3-6,8-9,11H,2,7,10H2,1H3. The number of allylic oxidation sites excluding steroid dienone is 4. The summed E-state index contributed by atoms with van der Waals surface area (Å²) in [6.07, 6.45) is 16.9. The zero-order valence-electron chi connectivity index (χ0n) is 8.56. The SMILES string of the molecule is CCC1(Cn2ccnc2)C=CC=CC1. The van der Waals surface area contributed by atoms with E-state index in [1.165, 1.54) is 6.42 Å². The zero-order chi connectivity index (χ0) is 9.86. The van der Waals surface area contributed by atoms with Gasteiger partial charge in [0.05, 0.1) is 6.33 Å². The van der Waals surface area contributed by atoms with Crippen molar-refractivity contribution in [3.05, 3.63) is 43.0 Å². The van der Waals surface area contributed by atoms with Crippen molar-refractivity contribution < 1.29 is 0 Å². The van der Waals surface area contributed by atoms with Gasteiger partial charge in [-0.15, -0.1) is 0 Å². The van der Waals surface area contributed by atoms with E-state index in [-0.39, 0.29) is 0 Å². The fraction of sp³-hybridized carbons (Fsp3) is 0.417. The lowest BCUT2D eigenvalue weighted by Crippen LogP contribution is -2.23. The summed E-state index contributed by atoms with van der Waals surface area (Å²) >= 11 is 0. The Labute approximate surface area is 85.0 Å². The Hall–Kier alpha value is -1.31. The van der Waals surface area contributed by atoms with Gasteiger partial charge in [-0.05, 0) is 12.8 Å². The fourth-order valence-electron chi connectivity index (χ4n) is 1.94. The molecule has 1 aromatic rings. The molecule has 0 radical (unpaired) electrons. The van der Waals surface area contributed by atoms with Crippen molar-refractivity contribution in [3.8, 4) is 0 Å². The molecule has 0 saturated carbocycles. The molecule has 0 spiro atoms. The highest BCUT2D eigenvalue weighted by atomic mass is 15.0. The highest BCUT2D eigenvalue weighted by Crippen LogP contribution is 2.33. The maximum Gasteiger partial charge on any atom is 0.0946 e. The molecule has 1 aliphatic carbocycles. The topological polar surface area (TPSA) is 17.8 Å². The first-order chi connectivity index (χ1) is 6.85. The molecule has 14 heavy (non-hydrogen) atoms. The van der Waals surface area contributed by atoms with Crippen LogP contribution in [0.5, 0.6) is 0 Å². The average Bonchev–Trinajstić information content (AvgIpc) is 2.72. The third-order valence-electron chi connectivity index (χ3n) is 2.98. The Morgan fingerprint density at radius 3 is 2.93 bits per heavy atom. The highest BCUT2D eigenvalue weighted by Gasteiger charge is 2.25. The van der Waals surface area contributed by atoms with Crippen LogP contribution in [0.25, 0.3) is 0 Å². The molecular formula is C12H16N2. The summed E-state index contributed by atoms with van der Waals surface area (Å²) < 4.78 is 2.16. The van der Waals surface area contributed by atoms with Crippen LogP contribution in [-0.2, 0) is 6.54 Å². The van der Waals surface area contributed by atoms with Crippen LogP contribution in [0, 0.1) is 5.41 Å². The maximum atomic E-state index is 4.07. The van der Waals surface area contributed by atoms with E-state index < -0.39 is 0 Å². The summed E-state index contributed by atoms with van der Waals surface area (Å²) in [4.78, 5) is 4.07. The highest BCUT2D eigenvalue weighted by molar-refractivity contribution is 5.16. The quantitative estimate of drug-likeness (QED) is 0.713. The first-order valence-electron chi connectivity index (χ1n) is 5.15. The lowest BCUT2D eigenvalue weighted by atomic mass is 9.79. The number of hydrogen-bond donors (Lipinski definition) is 0. The van der Waals surface area contributed by atoms with E-state index in [2.05, 4.69) is 40.8 Å². The molecule has 2 rings (SSSR count). The molecule has 2 nitrogen and oxygen atoms in total. The van der Waals surface area contributed by atoms with Crippen molar-refractivity contribution in [3.63, 3.8) is 0 Å². The van der Waals surface area contributed by atoms with Gasteiger partial charge in [-0.3, -0.25) is 0 Å². The second kappa shape index (κ2) is 3.82. The predicted molar refractivity (Wildman–Crippen MR) is 57.8 cm³/mol. The number of nitrogens with zero attached hydrogens (tertiary/aromatic N) is 2. The van der Waals surface area contributed by atoms with Gasteiger partial charge in [-0.25, -0.2) is 4.98 Å². The number of hydrogen-bond acceptors (Lipinski definition) is 1. The van der Waals surface area contributed by atoms with Crippen molar-refractivity contribution in [2.75, 3.05) is 0 Å². The molecule has 0 aliphatic heterocycles. The van der Waals surface area contributed by atoms with E-state index in [0.717, 1.165) is 13.0 Å². The Balaban J connectivity index is 2.14. The Kier molecular flexibility index (Phi) is 2.53. The molecule has 1 aromatic heterocycles. The first-order valence-corrected chi connectivity index (χ1v) is 5.15. The molecule has 1 atom stereocenters. The van der Waals surface area contributed by atoms with Crippen LogP contribution >= 0.6 is 0 Å². The molecule has 0 N–H and O–H groups in total. The van der Waals surface area contributed by atoms with Crippen molar-refractivity contribution in [1.29, 1.82) is 0 Å². The Morgan fingerprint density at radius 2 is 2.36 bits per heavy atom. The summed E-state index contributed by atoms with van der Waals surface area (Å²) in [5, 5.41) is 0. The minimum Gasteiger partial charge on any atom is -0.337 e. The predicted octanol–water partition coefficient (Wildman–Crippen LogP) is 2.80. The summed E-state index contributed by atoms with van der Waals surface area (Å²) in [5.74, 6) is 0. The minimum atomic E-state index is 0.301. The van der Waals surface area contributed by atoms with Crippen LogP contribution in [0.1, 0.15) is 19.8 Å². The lowest BCUT2D eigenvalue weighted by molar-refractivity contribution is 0.310. The van der Waals surface area contributed by atoms with Crippen molar-refractivity contribution in [2.24, 2.45) is 5.41 Å². The molecule has 0 aromatic carbocycles. The molecular weight excluding hydrogens is 172 g/mol. The van der Waals surface area contributed by atoms with Gasteiger partial charge < -0.3 is 4.57 Å². The summed E-state index contributed by atoms with van der Waals surface area (Å²) in [6, 6.07) is 0. The van der Waals surface area contributed by atoms with Gasteiger partial charge in [0.1, 0.15) is 0 Å². The molecule has 0 saturated heterocycles. The normalized spacial score (nSPS) is 25.5. The Morgan fingerprint density at radius 1 is 1.43 bits per heavy atom. The number of aromatic nitrogens is 2. The van der Waals surface area contributed by atoms with Crippen LogP contribution in [-0.4, -0.2) is 9.55 Å². The molecule has 2 heteroatoms. The van der Waals surface area contributed by atoms with E-state index in [9.17, 15) is 0 Å². The summed E-state index contributed by atoms with van der Waals surface area (Å²) in [5.41, 5.74) is 0.301. The lowest BCUT2D eigenvalue weighted by Gasteiger charge is -2.30. The maximum absolute atomic E-state index is 4.07. The number of imidazole rings is 1. The van der Waals surface area contributed by atoms with Crippen LogP contribution in [0.2, 0.25) is 0 Å². The third kappa shape index (κ3) is 1.79.